The van der Waals surface area contributed by atoms with E-state index in [1.54, 1.807) is 18.2 Å². The van der Waals surface area contributed by atoms with Crippen LogP contribution in [0, 0.1) is 0 Å². The average Bonchev–Trinajstić information content (AvgIpc) is 2.46. The van der Waals surface area contributed by atoms with Crippen LogP contribution < -0.4 is 10.6 Å². The van der Waals surface area contributed by atoms with Crippen LogP contribution in [0.15, 0.2) is 36.4 Å². The van der Waals surface area contributed by atoms with Gasteiger partial charge in [-0.05, 0) is 24.3 Å². The highest BCUT2D eigenvalue weighted by atomic mass is 35.5. The third kappa shape index (κ3) is 3.41. The Morgan fingerprint density at radius 3 is 2.23 bits per heavy atom. The lowest BCUT2D eigenvalue weighted by Gasteiger charge is -2.11. The van der Waals surface area contributed by atoms with Gasteiger partial charge in [0.1, 0.15) is 5.56 Å². The number of carbonyl (C=O) groups excluding carboxylic acids is 1. The number of para-hydroxylation sites is 1. The Kier molecular flexibility index (Phi) is 4.75. The van der Waals surface area contributed by atoms with Gasteiger partial charge in [0, 0.05) is 0 Å². The second-order valence-electron chi connectivity index (χ2n) is 4.19. The number of nitrogens with one attached hydrogen (secondary N) is 2. The van der Waals surface area contributed by atoms with E-state index in [9.17, 15) is 14.7 Å². The molecule has 114 valence electrons. The summed E-state index contributed by atoms with van der Waals surface area (Å²) >= 11 is 11.8. The van der Waals surface area contributed by atoms with E-state index in [1.165, 1.54) is 18.2 Å². The van der Waals surface area contributed by atoms with Crippen molar-refractivity contribution in [3.63, 3.8) is 0 Å². The number of aromatic hydroxyl groups is 1. The molecule has 2 amide bonds. The van der Waals surface area contributed by atoms with E-state index in [0.29, 0.717) is 0 Å². The average molecular weight is 341 g/mol. The molecular formula is C14H10Cl2N2O4. The number of urea groups is 1. The van der Waals surface area contributed by atoms with E-state index >= 15 is 0 Å². The molecule has 6 nitrogen and oxygen atoms in total. The van der Waals surface area contributed by atoms with E-state index in [-0.39, 0.29) is 27.0 Å². The second kappa shape index (κ2) is 6.55. The number of hydrogen-bond donors (Lipinski definition) is 4. The van der Waals surface area contributed by atoms with E-state index in [1.807, 2.05) is 0 Å². The Hall–Kier alpha value is -2.44. The number of carbonyl (C=O) groups is 2. The molecule has 0 aliphatic carbocycles. The molecule has 0 aliphatic heterocycles. The molecule has 4 N–H and O–H groups in total. The first kappa shape index (κ1) is 15.9. The predicted octanol–water partition coefficient (Wildman–Crippen LogP) is 4.04. The van der Waals surface area contributed by atoms with Gasteiger partial charge in [0.2, 0.25) is 0 Å². The molecule has 0 fully saturated rings. The van der Waals surface area contributed by atoms with Gasteiger partial charge in [-0.2, -0.15) is 0 Å². The molecule has 0 aromatic heterocycles. The van der Waals surface area contributed by atoms with Crippen molar-refractivity contribution in [2.75, 3.05) is 10.6 Å². The number of phenols is 1. The number of carboxylic acid groups (broad SMARTS) is 1. The van der Waals surface area contributed by atoms with Crippen LogP contribution in [0.25, 0.3) is 0 Å². The predicted molar refractivity (Wildman–Crippen MR) is 84.2 cm³/mol. The van der Waals surface area contributed by atoms with Gasteiger partial charge in [-0.1, -0.05) is 35.3 Å². The number of rotatable bonds is 3. The van der Waals surface area contributed by atoms with Gasteiger partial charge in [0.15, 0.2) is 5.75 Å². The number of aromatic carboxylic acids is 1. The number of halogens is 2. The molecule has 0 atom stereocenters. The van der Waals surface area contributed by atoms with E-state index < -0.39 is 17.7 Å². The highest BCUT2D eigenvalue weighted by Crippen LogP contribution is 2.30. The summed E-state index contributed by atoms with van der Waals surface area (Å²) < 4.78 is 0. The van der Waals surface area contributed by atoms with E-state index in [4.69, 9.17) is 28.3 Å². The van der Waals surface area contributed by atoms with Crippen molar-refractivity contribution in [2.45, 2.75) is 0 Å². The number of amides is 2. The van der Waals surface area contributed by atoms with Crippen molar-refractivity contribution in [1.29, 1.82) is 0 Å². The van der Waals surface area contributed by atoms with Crippen LogP contribution in [0.1, 0.15) is 10.4 Å². The molecule has 22 heavy (non-hydrogen) atoms. The van der Waals surface area contributed by atoms with Crippen LogP contribution in [0.5, 0.6) is 5.75 Å². The van der Waals surface area contributed by atoms with Crippen LogP contribution in [0.4, 0.5) is 16.2 Å². The lowest BCUT2D eigenvalue weighted by atomic mass is 10.1. The van der Waals surface area contributed by atoms with Crippen molar-refractivity contribution in [3.8, 4) is 5.75 Å². The maximum Gasteiger partial charge on any atom is 0.339 e. The smallest absolute Gasteiger partial charge is 0.339 e. The molecule has 2 aromatic carbocycles. The fraction of sp³-hybridized carbons (Fsp3) is 0. The van der Waals surface area contributed by atoms with Gasteiger partial charge in [-0.25, -0.2) is 9.59 Å². The summed E-state index contributed by atoms with van der Waals surface area (Å²) in [6, 6.07) is 7.98. The second-order valence-corrected chi connectivity index (χ2v) is 4.97. The zero-order chi connectivity index (χ0) is 16.3. The molecule has 0 heterocycles. The third-order valence-electron chi connectivity index (χ3n) is 2.71. The van der Waals surface area contributed by atoms with Gasteiger partial charge in [0.25, 0.3) is 0 Å². The molecule has 2 aromatic rings. The number of anilines is 2. The fourth-order valence-corrected chi connectivity index (χ4v) is 2.04. The third-order valence-corrected chi connectivity index (χ3v) is 3.53. The van der Waals surface area contributed by atoms with Gasteiger partial charge >= 0.3 is 12.0 Å². The number of carboxylic acids is 1. The van der Waals surface area contributed by atoms with Crippen LogP contribution >= 0.6 is 23.2 Å². The van der Waals surface area contributed by atoms with Crippen LogP contribution in [0.3, 0.4) is 0 Å². The summed E-state index contributed by atoms with van der Waals surface area (Å²) in [6.07, 6.45) is 0. The molecule has 0 spiro atoms. The summed E-state index contributed by atoms with van der Waals surface area (Å²) in [5.41, 5.74) is -0.0883. The standard InChI is InChI=1S/C14H10Cl2N2O4/c15-8-4-2-5-9(11(8)16)17-14(22)18-10-6-1-3-7(12(10)19)13(20)21/h1-6,19H,(H,20,21)(H2,17,18,22). The summed E-state index contributed by atoms with van der Waals surface area (Å²) in [5, 5.41) is 23.9. The molecule has 8 heteroatoms. The zero-order valence-electron chi connectivity index (χ0n) is 10.9. The Balaban J connectivity index is 2.18. The van der Waals surface area contributed by atoms with E-state index in [0.717, 1.165) is 0 Å². The highest BCUT2D eigenvalue weighted by Gasteiger charge is 2.15. The summed E-state index contributed by atoms with van der Waals surface area (Å²) in [4.78, 5) is 22.8. The first-order valence-electron chi connectivity index (χ1n) is 5.97. The van der Waals surface area contributed by atoms with Crippen LogP contribution in [-0.4, -0.2) is 22.2 Å². The Bertz CT molecular complexity index is 750. The molecule has 0 aliphatic rings. The number of benzene rings is 2. The monoisotopic (exact) mass is 340 g/mol. The minimum atomic E-state index is -1.31. The summed E-state index contributed by atoms with van der Waals surface area (Å²) in [5.74, 6) is -1.85. The quantitative estimate of drug-likeness (QED) is 0.633. The lowest BCUT2D eigenvalue weighted by Crippen LogP contribution is -2.20. The normalized spacial score (nSPS) is 10.1. The maximum absolute atomic E-state index is 11.9. The van der Waals surface area contributed by atoms with Crippen molar-refractivity contribution in [3.05, 3.63) is 52.0 Å². The van der Waals surface area contributed by atoms with Gasteiger partial charge in [-0.15, -0.1) is 0 Å². The Morgan fingerprint density at radius 2 is 1.55 bits per heavy atom. The highest BCUT2D eigenvalue weighted by molar-refractivity contribution is 6.44. The van der Waals surface area contributed by atoms with E-state index in [2.05, 4.69) is 10.6 Å². The van der Waals surface area contributed by atoms with Crippen LogP contribution in [-0.2, 0) is 0 Å². The van der Waals surface area contributed by atoms with Crippen molar-refractivity contribution < 1.29 is 19.8 Å². The SMILES string of the molecule is O=C(Nc1cccc(C(=O)O)c1O)Nc1cccc(Cl)c1Cl. The van der Waals surface area contributed by atoms with Gasteiger partial charge in [0.05, 0.1) is 21.4 Å². The lowest BCUT2D eigenvalue weighted by molar-refractivity contribution is 0.0694. The molecule has 0 saturated carbocycles. The number of hydrogen-bond acceptors (Lipinski definition) is 3. The van der Waals surface area contributed by atoms with Crippen molar-refractivity contribution >= 4 is 46.6 Å². The molecule has 0 unspecified atom stereocenters. The molecule has 0 bridgehead atoms. The summed E-state index contributed by atoms with van der Waals surface area (Å²) in [7, 11) is 0. The minimum Gasteiger partial charge on any atom is -0.505 e. The fourth-order valence-electron chi connectivity index (χ4n) is 1.69. The maximum atomic E-state index is 11.9. The minimum absolute atomic E-state index is 0.0458. The van der Waals surface area contributed by atoms with Crippen LogP contribution in [0.2, 0.25) is 10.0 Å². The topological polar surface area (TPSA) is 98.7 Å². The molecule has 0 saturated heterocycles. The van der Waals surface area contributed by atoms with Gasteiger partial charge in [-0.3, -0.25) is 0 Å². The molecule has 0 radical (unpaired) electrons. The Labute approximate surface area is 135 Å². The van der Waals surface area contributed by atoms with Crippen molar-refractivity contribution in [2.24, 2.45) is 0 Å². The van der Waals surface area contributed by atoms with Crippen molar-refractivity contribution in [1.82, 2.24) is 0 Å². The first-order chi connectivity index (χ1) is 10.4. The molecular weight excluding hydrogens is 331 g/mol. The largest absolute Gasteiger partial charge is 0.505 e. The zero-order valence-corrected chi connectivity index (χ0v) is 12.4. The Morgan fingerprint density at radius 1 is 0.955 bits per heavy atom. The first-order valence-corrected chi connectivity index (χ1v) is 6.73. The van der Waals surface area contributed by atoms with Gasteiger partial charge < -0.3 is 20.8 Å². The molecule has 2 rings (SSSR count). The summed E-state index contributed by atoms with van der Waals surface area (Å²) in [6.45, 7) is 0.